The van der Waals surface area contributed by atoms with Gasteiger partial charge in [-0.1, -0.05) is 72.0 Å². The highest BCUT2D eigenvalue weighted by atomic mass is 32.1. The van der Waals surface area contributed by atoms with Crippen molar-refractivity contribution in [3.63, 3.8) is 0 Å². The van der Waals surface area contributed by atoms with E-state index in [-0.39, 0.29) is 24.0 Å². The molecule has 2 heterocycles. The zero-order chi connectivity index (χ0) is 22.6. The minimum absolute atomic E-state index is 0.179. The van der Waals surface area contributed by atoms with Crippen LogP contribution in [0, 0.1) is 0 Å². The molecule has 0 aliphatic rings. The number of rotatable bonds is 6. The van der Waals surface area contributed by atoms with Crippen molar-refractivity contribution in [3.8, 4) is 10.6 Å². The van der Waals surface area contributed by atoms with Gasteiger partial charge in [0.15, 0.2) is 5.76 Å². The Hall–Kier alpha value is -4.30. The standard InChI is InChI=1S/C25H18N4O3S/c30-22(27-25-29-28-24(33-25)17-6-2-1-3-7-17)14-16-10-12-19(13-11-16)26-23(31)21-15-18-8-4-5-9-20(18)32-21/h1-13,15H,14H2,(H,26,31)(H,27,29,30). The van der Waals surface area contributed by atoms with Crippen LogP contribution in [0.25, 0.3) is 21.5 Å². The number of carbonyl (C=O) groups is 2. The molecule has 8 heteroatoms. The van der Waals surface area contributed by atoms with E-state index in [1.165, 1.54) is 11.3 Å². The minimum atomic E-state index is -0.331. The average molecular weight is 455 g/mol. The number of aromatic nitrogens is 2. The molecule has 0 atom stereocenters. The summed E-state index contributed by atoms with van der Waals surface area (Å²) in [6.45, 7) is 0. The Morgan fingerprint density at radius 3 is 2.39 bits per heavy atom. The van der Waals surface area contributed by atoms with E-state index in [9.17, 15) is 9.59 Å². The maximum absolute atomic E-state index is 12.5. The molecule has 2 amide bonds. The van der Waals surface area contributed by atoms with E-state index in [1.54, 1.807) is 30.3 Å². The third-order valence-corrected chi connectivity index (χ3v) is 5.81. The lowest BCUT2D eigenvalue weighted by molar-refractivity contribution is -0.115. The quantitative estimate of drug-likeness (QED) is 0.359. The normalized spacial score (nSPS) is 10.8. The molecule has 0 saturated carbocycles. The number of hydrogen-bond donors (Lipinski definition) is 2. The summed E-state index contributed by atoms with van der Waals surface area (Å²) in [5, 5.41) is 15.8. The fraction of sp³-hybridized carbons (Fsp3) is 0.0400. The van der Waals surface area contributed by atoms with Crippen molar-refractivity contribution in [1.29, 1.82) is 0 Å². The zero-order valence-electron chi connectivity index (χ0n) is 17.3. The first-order valence-electron chi connectivity index (χ1n) is 10.2. The molecule has 0 spiro atoms. The molecular weight excluding hydrogens is 436 g/mol. The van der Waals surface area contributed by atoms with Crippen LogP contribution in [0.1, 0.15) is 16.1 Å². The Bertz CT molecular complexity index is 1390. The van der Waals surface area contributed by atoms with Crippen molar-refractivity contribution in [2.24, 2.45) is 0 Å². The summed E-state index contributed by atoms with van der Waals surface area (Å²) in [6, 6.07) is 25.9. The van der Waals surface area contributed by atoms with E-state index in [2.05, 4.69) is 20.8 Å². The Kier molecular flexibility index (Phi) is 5.65. The van der Waals surface area contributed by atoms with E-state index in [4.69, 9.17) is 4.42 Å². The number of benzene rings is 3. The van der Waals surface area contributed by atoms with Crippen LogP contribution in [0.2, 0.25) is 0 Å². The monoisotopic (exact) mass is 454 g/mol. The summed E-state index contributed by atoms with van der Waals surface area (Å²) in [4.78, 5) is 24.9. The molecule has 0 aliphatic carbocycles. The Morgan fingerprint density at radius 1 is 0.848 bits per heavy atom. The van der Waals surface area contributed by atoms with Crippen LogP contribution in [0.5, 0.6) is 0 Å². The van der Waals surface area contributed by atoms with E-state index in [0.717, 1.165) is 21.5 Å². The Labute approximate surface area is 193 Å². The molecule has 0 unspecified atom stereocenters. The van der Waals surface area contributed by atoms with Gasteiger partial charge in [0.05, 0.1) is 6.42 Å². The molecule has 0 aliphatic heterocycles. The van der Waals surface area contributed by atoms with E-state index < -0.39 is 0 Å². The van der Waals surface area contributed by atoms with Gasteiger partial charge in [-0.25, -0.2) is 0 Å². The Balaban J connectivity index is 1.18. The first-order chi connectivity index (χ1) is 16.1. The molecule has 3 aromatic carbocycles. The third kappa shape index (κ3) is 4.81. The van der Waals surface area contributed by atoms with Crippen LogP contribution in [-0.4, -0.2) is 22.0 Å². The summed E-state index contributed by atoms with van der Waals surface area (Å²) in [6.07, 6.45) is 0.179. The van der Waals surface area contributed by atoms with Gasteiger partial charge in [-0.05, 0) is 29.8 Å². The smallest absolute Gasteiger partial charge is 0.291 e. The first-order valence-corrected chi connectivity index (χ1v) is 11.0. The molecule has 2 aromatic heterocycles. The number of fused-ring (bicyclic) bond motifs is 1. The molecule has 0 bridgehead atoms. The average Bonchev–Trinajstić information content (AvgIpc) is 3.48. The molecule has 162 valence electrons. The number of amides is 2. The number of para-hydroxylation sites is 1. The SMILES string of the molecule is O=C(Cc1ccc(NC(=O)c2cc3ccccc3o2)cc1)Nc1nnc(-c2ccccc2)s1. The van der Waals surface area contributed by atoms with Gasteiger partial charge in [0.1, 0.15) is 10.6 Å². The Morgan fingerprint density at radius 2 is 1.61 bits per heavy atom. The van der Waals surface area contributed by atoms with Gasteiger partial charge in [0.25, 0.3) is 5.91 Å². The molecular formula is C25H18N4O3S. The lowest BCUT2D eigenvalue weighted by Gasteiger charge is -2.05. The maximum atomic E-state index is 12.5. The first kappa shape index (κ1) is 20.6. The topological polar surface area (TPSA) is 97.1 Å². The molecule has 0 saturated heterocycles. The largest absolute Gasteiger partial charge is 0.451 e. The molecule has 0 fully saturated rings. The van der Waals surface area contributed by atoms with E-state index in [0.29, 0.717) is 16.4 Å². The van der Waals surface area contributed by atoms with Gasteiger partial charge in [-0.15, -0.1) is 10.2 Å². The van der Waals surface area contributed by atoms with Crippen LogP contribution in [-0.2, 0) is 11.2 Å². The number of nitrogens with zero attached hydrogens (tertiary/aromatic N) is 2. The third-order valence-electron chi connectivity index (χ3n) is 4.92. The second-order valence-corrected chi connectivity index (χ2v) is 8.28. The molecule has 33 heavy (non-hydrogen) atoms. The van der Waals surface area contributed by atoms with Gasteiger partial charge >= 0.3 is 0 Å². The summed E-state index contributed by atoms with van der Waals surface area (Å²) >= 11 is 1.32. The van der Waals surface area contributed by atoms with Crippen LogP contribution < -0.4 is 10.6 Å². The van der Waals surface area contributed by atoms with Gasteiger partial charge < -0.3 is 15.1 Å². The van der Waals surface area contributed by atoms with Gasteiger partial charge in [0.2, 0.25) is 11.0 Å². The van der Waals surface area contributed by atoms with E-state index >= 15 is 0 Å². The van der Waals surface area contributed by atoms with Crippen molar-refractivity contribution in [3.05, 3.63) is 96.3 Å². The van der Waals surface area contributed by atoms with E-state index in [1.807, 2.05) is 54.6 Å². The number of hydrogen-bond acceptors (Lipinski definition) is 6. The summed E-state index contributed by atoms with van der Waals surface area (Å²) < 4.78 is 5.59. The summed E-state index contributed by atoms with van der Waals surface area (Å²) in [5.74, 6) is -0.279. The molecule has 2 N–H and O–H groups in total. The predicted octanol–water partition coefficient (Wildman–Crippen LogP) is 5.38. The molecule has 5 aromatic rings. The van der Waals surface area contributed by atoms with Gasteiger partial charge in [-0.2, -0.15) is 0 Å². The van der Waals surface area contributed by atoms with Gasteiger partial charge in [-0.3, -0.25) is 9.59 Å². The van der Waals surface area contributed by atoms with Crippen molar-refractivity contribution in [2.45, 2.75) is 6.42 Å². The van der Waals surface area contributed by atoms with Crippen LogP contribution in [0.15, 0.2) is 89.3 Å². The van der Waals surface area contributed by atoms with Crippen LogP contribution in [0.4, 0.5) is 10.8 Å². The second kappa shape index (κ2) is 9.05. The molecule has 7 nitrogen and oxygen atoms in total. The minimum Gasteiger partial charge on any atom is -0.451 e. The van der Waals surface area contributed by atoms with Crippen molar-refractivity contribution in [1.82, 2.24) is 10.2 Å². The van der Waals surface area contributed by atoms with Crippen molar-refractivity contribution < 1.29 is 14.0 Å². The molecule has 0 radical (unpaired) electrons. The lowest BCUT2D eigenvalue weighted by Crippen LogP contribution is -2.14. The summed E-state index contributed by atoms with van der Waals surface area (Å²) in [5.41, 5.74) is 3.04. The molecule has 5 rings (SSSR count). The fourth-order valence-corrected chi connectivity index (χ4v) is 4.08. The zero-order valence-corrected chi connectivity index (χ0v) is 18.1. The maximum Gasteiger partial charge on any atom is 0.291 e. The van der Waals surface area contributed by atoms with Crippen molar-refractivity contribution in [2.75, 3.05) is 10.6 Å². The second-order valence-electron chi connectivity index (χ2n) is 7.30. The highest BCUT2D eigenvalue weighted by Gasteiger charge is 2.13. The van der Waals surface area contributed by atoms with Crippen LogP contribution >= 0.6 is 11.3 Å². The number of furan rings is 1. The highest BCUT2D eigenvalue weighted by Crippen LogP contribution is 2.26. The number of nitrogens with one attached hydrogen (secondary N) is 2. The fourth-order valence-electron chi connectivity index (χ4n) is 3.31. The summed E-state index contributed by atoms with van der Waals surface area (Å²) in [7, 11) is 0. The number of anilines is 2. The van der Waals surface area contributed by atoms with Gasteiger partial charge in [0, 0.05) is 16.6 Å². The van der Waals surface area contributed by atoms with Crippen molar-refractivity contribution >= 4 is 44.9 Å². The number of carbonyl (C=O) groups excluding carboxylic acids is 2. The lowest BCUT2D eigenvalue weighted by atomic mass is 10.1. The van der Waals surface area contributed by atoms with Crippen LogP contribution in [0.3, 0.4) is 0 Å². The highest BCUT2D eigenvalue weighted by molar-refractivity contribution is 7.18. The predicted molar refractivity (Wildman–Crippen MR) is 128 cm³/mol.